The number of halogens is 3. The van der Waals surface area contributed by atoms with Crippen molar-refractivity contribution in [2.45, 2.75) is 72.9 Å². The summed E-state index contributed by atoms with van der Waals surface area (Å²) < 4.78 is 47.0. The SMILES string of the molecule is CCCc1ccc(OCc2ccc(OC(F)(F)F)cc2)cc1C(=O)NC(CC(C)C)c1cc(C)cc(C)c1. The van der Waals surface area contributed by atoms with Crippen molar-refractivity contribution in [1.29, 1.82) is 0 Å². The Morgan fingerprint density at radius 2 is 1.55 bits per heavy atom. The molecular formula is C31H36F3NO3. The Morgan fingerprint density at radius 3 is 2.13 bits per heavy atom. The largest absolute Gasteiger partial charge is 0.573 e. The summed E-state index contributed by atoms with van der Waals surface area (Å²) in [6.45, 7) is 10.6. The summed E-state index contributed by atoms with van der Waals surface area (Å²) in [5.41, 5.74) is 5.58. The Balaban J connectivity index is 1.79. The number of alkyl halides is 3. The molecule has 0 bridgehead atoms. The van der Waals surface area contributed by atoms with Gasteiger partial charge in [0.05, 0.1) is 6.04 Å². The number of hydrogen-bond donors (Lipinski definition) is 1. The summed E-state index contributed by atoms with van der Waals surface area (Å²) >= 11 is 0. The predicted octanol–water partition coefficient (Wildman–Crippen LogP) is 8.25. The van der Waals surface area contributed by atoms with E-state index in [1.807, 2.05) is 12.1 Å². The van der Waals surface area contributed by atoms with Gasteiger partial charge < -0.3 is 14.8 Å². The van der Waals surface area contributed by atoms with E-state index in [1.54, 1.807) is 6.07 Å². The van der Waals surface area contributed by atoms with Gasteiger partial charge in [-0.2, -0.15) is 0 Å². The van der Waals surface area contributed by atoms with Crippen molar-refractivity contribution in [1.82, 2.24) is 5.32 Å². The highest BCUT2D eigenvalue weighted by molar-refractivity contribution is 5.96. The van der Waals surface area contributed by atoms with Crippen LogP contribution in [0.15, 0.2) is 60.7 Å². The average Bonchev–Trinajstić information content (AvgIpc) is 2.82. The van der Waals surface area contributed by atoms with Gasteiger partial charge >= 0.3 is 6.36 Å². The lowest BCUT2D eigenvalue weighted by atomic mass is 9.93. The van der Waals surface area contributed by atoms with Crippen LogP contribution in [-0.2, 0) is 13.0 Å². The molecule has 1 amide bonds. The third-order valence-electron chi connectivity index (χ3n) is 6.07. The molecule has 0 saturated carbocycles. The average molecular weight is 528 g/mol. The van der Waals surface area contributed by atoms with E-state index in [2.05, 4.69) is 62.9 Å². The van der Waals surface area contributed by atoms with Gasteiger partial charge in [0.1, 0.15) is 18.1 Å². The summed E-state index contributed by atoms with van der Waals surface area (Å²) in [7, 11) is 0. The van der Waals surface area contributed by atoms with Crippen molar-refractivity contribution >= 4 is 5.91 Å². The maximum atomic E-state index is 13.6. The van der Waals surface area contributed by atoms with E-state index < -0.39 is 6.36 Å². The Morgan fingerprint density at radius 1 is 0.921 bits per heavy atom. The van der Waals surface area contributed by atoms with Gasteiger partial charge in [-0.05, 0) is 73.6 Å². The van der Waals surface area contributed by atoms with Crippen molar-refractivity contribution in [2.24, 2.45) is 5.92 Å². The fourth-order valence-corrected chi connectivity index (χ4v) is 4.49. The number of carbonyl (C=O) groups is 1. The molecule has 1 atom stereocenters. The Hall–Kier alpha value is -3.48. The summed E-state index contributed by atoms with van der Waals surface area (Å²) in [4.78, 5) is 13.6. The van der Waals surface area contributed by atoms with Crippen LogP contribution in [-0.4, -0.2) is 12.3 Å². The lowest BCUT2D eigenvalue weighted by Crippen LogP contribution is -2.30. The second kappa shape index (κ2) is 12.9. The van der Waals surface area contributed by atoms with E-state index in [0.29, 0.717) is 22.8 Å². The normalized spacial score (nSPS) is 12.3. The zero-order valence-corrected chi connectivity index (χ0v) is 22.6. The molecule has 1 unspecified atom stereocenters. The second-order valence-corrected chi connectivity index (χ2v) is 10.1. The van der Waals surface area contributed by atoms with E-state index in [-0.39, 0.29) is 24.3 Å². The molecular weight excluding hydrogens is 491 g/mol. The molecule has 204 valence electrons. The molecule has 0 aliphatic heterocycles. The topological polar surface area (TPSA) is 47.6 Å². The third kappa shape index (κ3) is 8.82. The fourth-order valence-electron chi connectivity index (χ4n) is 4.49. The van der Waals surface area contributed by atoms with Gasteiger partial charge in [-0.15, -0.1) is 13.2 Å². The van der Waals surface area contributed by atoms with E-state index in [0.717, 1.165) is 41.5 Å². The molecule has 3 rings (SSSR count). The molecule has 0 aromatic heterocycles. The molecule has 3 aromatic rings. The lowest BCUT2D eigenvalue weighted by molar-refractivity contribution is -0.274. The minimum Gasteiger partial charge on any atom is -0.489 e. The first-order valence-corrected chi connectivity index (χ1v) is 12.9. The molecule has 0 heterocycles. The third-order valence-corrected chi connectivity index (χ3v) is 6.07. The standard InChI is InChI=1S/C31H36F3NO3/c1-6-7-24-10-13-27(37-19-23-8-11-26(12-9-23)38-31(32,33)34)18-28(24)30(36)35-29(14-20(2)3)25-16-21(4)15-22(5)17-25/h8-13,15-18,20,29H,6-7,14,19H2,1-5H3,(H,35,36). The van der Waals surface area contributed by atoms with E-state index in [9.17, 15) is 18.0 Å². The number of hydrogen-bond acceptors (Lipinski definition) is 3. The molecule has 4 nitrogen and oxygen atoms in total. The van der Waals surface area contributed by atoms with Gasteiger partial charge in [0, 0.05) is 5.56 Å². The van der Waals surface area contributed by atoms with E-state index in [1.165, 1.54) is 24.3 Å². The van der Waals surface area contributed by atoms with Crippen LogP contribution >= 0.6 is 0 Å². The highest BCUT2D eigenvalue weighted by atomic mass is 19.4. The molecule has 0 saturated heterocycles. The fraction of sp³-hybridized carbons (Fsp3) is 0.387. The molecule has 1 N–H and O–H groups in total. The van der Waals surface area contributed by atoms with Gasteiger partial charge in [-0.3, -0.25) is 4.79 Å². The molecule has 3 aromatic carbocycles. The number of carbonyl (C=O) groups excluding carboxylic acids is 1. The molecule has 0 aliphatic carbocycles. The number of nitrogens with one attached hydrogen (secondary N) is 1. The quantitative estimate of drug-likeness (QED) is 0.273. The van der Waals surface area contributed by atoms with Crippen LogP contribution in [0.5, 0.6) is 11.5 Å². The smallest absolute Gasteiger partial charge is 0.489 e. The molecule has 0 spiro atoms. The number of ether oxygens (including phenoxy) is 2. The predicted molar refractivity (Wildman–Crippen MR) is 143 cm³/mol. The first-order valence-electron chi connectivity index (χ1n) is 12.9. The monoisotopic (exact) mass is 527 g/mol. The Labute approximate surface area is 223 Å². The van der Waals surface area contributed by atoms with Crippen LogP contribution in [0.3, 0.4) is 0 Å². The van der Waals surface area contributed by atoms with Gasteiger partial charge in [-0.25, -0.2) is 0 Å². The van der Waals surface area contributed by atoms with Crippen LogP contribution < -0.4 is 14.8 Å². The highest BCUT2D eigenvalue weighted by Gasteiger charge is 2.31. The first kappa shape index (κ1) is 29.1. The number of benzene rings is 3. The highest BCUT2D eigenvalue weighted by Crippen LogP contribution is 2.27. The molecule has 0 fully saturated rings. The van der Waals surface area contributed by atoms with Gasteiger partial charge in [0.25, 0.3) is 5.91 Å². The summed E-state index contributed by atoms with van der Waals surface area (Å²) in [5.74, 6) is 0.456. The zero-order chi connectivity index (χ0) is 27.9. The molecule has 0 aliphatic rings. The van der Waals surface area contributed by atoms with Crippen molar-refractivity contribution in [2.75, 3.05) is 0 Å². The van der Waals surface area contributed by atoms with Crippen LogP contribution in [0.2, 0.25) is 0 Å². The number of aryl methyl sites for hydroxylation is 3. The van der Waals surface area contributed by atoms with Crippen molar-refractivity contribution in [3.05, 3.63) is 94.0 Å². The maximum Gasteiger partial charge on any atom is 0.573 e. The second-order valence-electron chi connectivity index (χ2n) is 10.1. The summed E-state index contributed by atoms with van der Waals surface area (Å²) in [6.07, 6.45) is -2.29. The van der Waals surface area contributed by atoms with Crippen LogP contribution in [0.4, 0.5) is 13.2 Å². The van der Waals surface area contributed by atoms with Crippen molar-refractivity contribution in [3.63, 3.8) is 0 Å². The van der Waals surface area contributed by atoms with E-state index in [4.69, 9.17) is 4.74 Å². The van der Waals surface area contributed by atoms with Gasteiger partial charge in [0.2, 0.25) is 0 Å². The maximum absolute atomic E-state index is 13.6. The summed E-state index contributed by atoms with van der Waals surface area (Å²) in [5, 5.41) is 3.26. The van der Waals surface area contributed by atoms with E-state index >= 15 is 0 Å². The number of rotatable bonds is 11. The Kier molecular flexibility index (Phi) is 9.84. The van der Waals surface area contributed by atoms with Crippen molar-refractivity contribution in [3.8, 4) is 11.5 Å². The van der Waals surface area contributed by atoms with Crippen molar-refractivity contribution < 1.29 is 27.4 Å². The van der Waals surface area contributed by atoms with Gasteiger partial charge in [-0.1, -0.05) is 74.7 Å². The molecule has 7 heteroatoms. The number of amides is 1. The molecule has 38 heavy (non-hydrogen) atoms. The Bertz CT molecular complexity index is 1200. The first-order chi connectivity index (χ1) is 17.9. The van der Waals surface area contributed by atoms with Crippen LogP contribution in [0, 0.1) is 19.8 Å². The zero-order valence-electron chi connectivity index (χ0n) is 22.6. The minimum absolute atomic E-state index is 0.127. The van der Waals surface area contributed by atoms with Crippen LogP contribution in [0.25, 0.3) is 0 Å². The minimum atomic E-state index is -4.73. The summed E-state index contributed by atoms with van der Waals surface area (Å²) in [6, 6.07) is 17.2. The molecule has 0 radical (unpaired) electrons. The lowest BCUT2D eigenvalue weighted by Gasteiger charge is -2.23. The van der Waals surface area contributed by atoms with Gasteiger partial charge in [0.15, 0.2) is 0 Å². The van der Waals surface area contributed by atoms with Crippen LogP contribution in [0.1, 0.15) is 77.8 Å².